The van der Waals surface area contributed by atoms with Crippen LogP contribution in [-0.4, -0.2) is 49.9 Å². The average Bonchev–Trinajstić information content (AvgIpc) is 3.56. The molecule has 3 aromatic rings. The van der Waals surface area contributed by atoms with E-state index in [4.69, 9.17) is 16.3 Å². The molecule has 3 unspecified atom stereocenters. The fraction of sp³-hybridized carbons (Fsp3) is 0.318. The third-order valence-electron chi connectivity index (χ3n) is 5.71. The van der Waals surface area contributed by atoms with Crippen LogP contribution >= 0.6 is 11.6 Å². The molecule has 30 heavy (non-hydrogen) atoms. The maximum atomic E-state index is 13.5. The summed E-state index contributed by atoms with van der Waals surface area (Å²) in [5, 5.41) is 0.569. The lowest BCUT2D eigenvalue weighted by Gasteiger charge is -2.35. The van der Waals surface area contributed by atoms with Crippen molar-refractivity contribution in [2.45, 2.75) is 18.9 Å². The number of halogens is 1. The Morgan fingerprint density at radius 2 is 1.87 bits per heavy atom. The molecule has 1 saturated carbocycles. The van der Waals surface area contributed by atoms with Gasteiger partial charge in [-0.05, 0) is 48.9 Å². The van der Waals surface area contributed by atoms with Crippen molar-refractivity contribution in [3.63, 3.8) is 0 Å². The van der Waals surface area contributed by atoms with Crippen molar-refractivity contribution in [1.82, 2.24) is 24.8 Å². The van der Waals surface area contributed by atoms with Crippen molar-refractivity contribution in [2.75, 3.05) is 13.2 Å². The number of piperidine rings is 1. The molecule has 1 aliphatic heterocycles. The van der Waals surface area contributed by atoms with Gasteiger partial charge in [0.25, 0.3) is 5.91 Å². The Hall–Kier alpha value is -3.06. The fourth-order valence-electron chi connectivity index (χ4n) is 4.08. The minimum Gasteiger partial charge on any atom is -0.475 e. The number of aromatic nitrogens is 4. The van der Waals surface area contributed by atoms with Crippen LogP contribution < -0.4 is 4.74 Å². The van der Waals surface area contributed by atoms with Crippen molar-refractivity contribution in [2.24, 2.45) is 11.8 Å². The lowest BCUT2D eigenvalue weighted by atomic mass is 10.0. The summed E-state index contributed by atoms with van der Waals surface area (Å²) in [5.41, 5.74) is 1.01. The summed E-state index contributed by atoms with van der Waals surface area (Å²) in [6, 6.07) is 8.71. The molecule has 0 N–H and O–H groups in total. The summed E-state index contributed by atoms with van der Waals surface area (Å²) in [5.74, 6) is 2.07. The number of hydrogen-bond acceptors (Lipinski definition) is 6. The number of amides is 1. The van der Waals surface area contributed by atoms with Gasteiger partial charge in [0.1, 0.15) is 12.3 Å². The van der Waals surface area contributed by atoms with Crippen molar-refractivity contribution >= 4 is 17.5 Å². The zero-order valence-electron chi connectivity index (χ0n) is 16.2. The first-order valence-electron chi connectivity index (χ1n) is 9.97. The van der Waals surface area contributed by atoms with Crippen LogP contribution in [0.5, 0.6) is 5.88 Å². The first-order valence-corrected chi connectivity index (χ1v) is 10.3. The number of pyridine rings is 2. The smallest absolute Gasteiger partial charge is 0.273 e. The highest BCUT2D eigenvalue weighted by Crippen LogP contribution is 2.47. The molecular formula is C22H20ClN5O2. The van der Waals surface area contributed by atoms with Crippen molar-refractivity contribution < 1.29 is 9.53 Å². The summed E-state index contributed by atoms with van der Waals surface area (Å²) in [6.07, 6.45) is 8.64. The van der Waals surface area contributed by atoms with E-state index < -0.39 is 0 Å². The SMILES string of the molecule is O=C(c1ncccc1-c1ncccn1)N1CC2CC2CC1COc1cc(Cl)ccn1. The van der Waals surface area contributed by atoms with Gasteiger partial charge in [-0.1, -0.05) is 11.6 Å². The maximum Gasteiger partial charge on any atom is 0.273 e. The molecule has 1 amide bonds. The molecule has 4 heterocycles. The third-order valence-corrected chi connectivity index (χ3v) is 5.95. The molecule has 7 nitrogen and oxygen atoms in total. The Morgan fingerprint density at radius 1 is 1.03 bits per heavy atom. The van der Waals surface area contributed by atoms with Crippen molar-refractivity contribution in [3.05, 3.63) is 65.8 Å². The van der Waals surface area contributed by atoms with Gasteiger partial charge in [0.15, 0.2) is 5.82 Å². The summed E-state index contributed by atoms with van der Waals surface area (Å²) in [6.45, 7) is 1.08. The molecular weight excluding hydrogens is 402 g/mol. The highest BCUT2D eigenvalue weighted by Gasteiger charge is 2.47. The summed E-state index contributed by atoms with van der Waals surface area (Å²) in [7, 11) is 0. The molecule has 0 aromatic carbocycles. The van der Waals surface area contributed by atoms with Crippen LogP contribution in [0.4, 0.5) is 0 Å². The van der Waals surface area contributed by atoms with Gasteiger partial charge in [-0.2, -0.15) is 0 Å². The second-order valence-electron chi connectivity index (χ2n) is 7.70. The van der Waals surface area contributed by atoms with E-state index in [-0.39, 0.29) is 11.9 Å². The van der Waals surface area contributed by atoms with Gasteiger partial charge in [-0.25, -0.2) is 15.0 Å². The topological polar surface area (TPSA) is 81.1 Å². The van der Waals surface area contributed by atoms with Gasteiger partial charge in [-0.15, -0.1) is 0 Å². The van der Waals surface area contributed by atoms with Crippen LogP contribution in [0, 0.1) is 11.8 Å². The van der Waals surface area contributed by atoms with E-state index in [9.17, 15) is 4.79 Å². The van der Waals surface area contributed by atoms with Crippen molar-refractivity contribution in [1.29, 1.82) is 0 Å². The van der Waals surface area contributed by atoms with E-state index in [1.54, 1.807) is 49.1 Å². The van der Waals surface area contributed by atoms with Crippen LogP contribution in [0.1, 0.15) is 23.3 Å². The van der Waals surface area contributed by atoms with Gasteiger partial charge in [0, 0.05) is 42.4 Å². The standard InChI is InChI=1S/C22H20ClN5O2/c23-16-4-8-24-19(11-16)30-13-17-10-14-9-15(14)12-28(17)22(29)20-18(3-1-5-25-20)21-26-6-2-7-27-21/h1-8,11,14-15,17H,9-10,12-13H2. The van der Waals surface area contributed by atoms with Gasteiger partial charge >= 0.3 is 0 Å². The molecule has 2 aliphatic rings. The van der Waals surface area contributed by atoms with Gasteiger partial charge in [0.05, 0.1) is 11.6 Å². The number of nitrogens with zero attached hydrogens (tertiary/aromatic N) is 5. The van der Waals surface area contributed by atoms with E-state index in [2.05, 4.69) is 19.9 Å². The lowest BCUT2D eigenvalue weighted by Crippen LogP contribution is -2.48. The predicted octanol–water partition coefficient (Wildman–Crippen LogP) is 3.52. The largest absolute Gasteiger partial charge is 0.475 e. The normalized spacial score (nSPS) is 22.3. The van der Waals surface area contributed by atoms with Crippen LogP contribution in [0.25, 0.3) is 11.4 Å². The number of likely N-dealkylation sites (tertiary alicyclic amines) is 1. The third kappa shape index (κ3) is 3.85. The first kappa shape index (κ1) is 18.9. The summed E-state index contributed by atoms with van der Waals surface area (Å²) < 4.78 is 5.89. The first-order chi connectivity index (χ1) is 14.7. The number of fused-ring (bicyclic) bond motifs is 1. The molecule has 5 rings (SSSR count). The molecule has 8 heteroatoms. The van der Waals surface area contributed by atoms with E-state index in [0.717, 1.165) is 12.8 Å². The molecule has 1 saturated heterocycles. The maximum absolute atomic E-state index is 13.5. The quantitative estimate of drug-likeness (QED) is 0.627. The molecule has 3 aromatic heterocycles. The second kappa shape index (κ2) is 7.99. The Balaban J connectivity index is 1.40. The number of rotatable bonds is 5. The Bertz CT molecular complexity index is 1060. The van der Waals surface area contributed by atoms with Gasteiger partial charge < -0.3 is 9.64 Å². The van der Waals surface area contributed by atoms with E-state index in [0.29, 0.717) is 53.0 Å². The number of carbonyl (C=O) groups is 1. The Kier molecular flexibility index (Phi) is 5.04. The van der Waals surface area contributed by atoms with Crippen LogP contribution in [0.2, 0.25) is 5.02 Å². The molecule has 2 fully saturated rings. The predicted molar refractivity (Wildman–Crippen MR) is 111 cm³/mol. The average molecular weight is 422 g/mol. The van der Waals surface area contributed by atoms with Crippen LogP contribution in [0.3, 0.4) is 0 Å². The van der Waals surface area contributed by atoms with Gasteiger partial charge in [0.2, 0.25) is 5.88 Å². The summed E-state index contributed by atoms with van der Waals surface area (Å²) in [4.78, 5) is 32.6. The zero-order chi connectivity index (χ0) is 20.5. The van der Waals surface area contributed by atoms with Gasteiger partial charge in [-0.3, -0.25) is 9.78 Å². The minimum atomic E-state index is -0.115. The van der Waals surface area contributed by atoms with E-state index >= 15 is 0 Å². The Labute approximate surface area is 179 Å². The van der Waals surface area contributed by atoms with Crippen LogP contribution in [0.15, 0.2) is 55.1 Å². The highest BCUT2D eigenvalue weighted by atomic mass is 35.5. The number of ether oxygens (including phenoxy) is 1. The molecule has 152 valence electrons. The zero-order valence-corrected chi connectivity index (χ0v) is 16.9. The van der Waals surface area contributed by atoms with Crippen molar-refractivity contribution in [3.8, 4) is 17.3 Å². The second-order valence-corrected chi connectivity index (χ2v) is 8.13. The summed E-state index contributed by atoms with van der Waals surface area (Å²) >= 11 is 6.03. The fourth-order valence-corrected chi connectivity index (χ4v) is 4.23. The van der Waals surface area contributed by atoms with E-state index in [1.807, 2.05) is 11.0 Å². The lowest BCUT2D eigenvalue weighted by molar-refractivity contribution is 0.0503. The molecule has 0 spiro atoms. The molecule has 3 atom stereocenters. The molecule has 1 aliphatic carbocycles. The Morgan fingerprint density at radius 3 is 2.70 bits per heavy atom. The molecule has 0 bridgehead atoms. The highest BCUT2D eigenvalue weighted by molar-refractivity contribution is 6.30. The molecule has 0 radical (unpaired) electrons. The van der Waals surface area contributed by atoms with Crippen LogP contribution in [-0.2, 0) is 0 Å². The number of carbonyl (C=O) groups excluding carboxylic acids is 1. The minimum absolute atomic E-state index is 0.0476. The number of hydrogen-bond donors (Lipinski definition) is 0. The van der Waals surface area contributed by atoms with E-state index in [1.165, 1.54) is 0 Å². The monoisotopic (exact) mass is 421 g/mol.